The number of hydrogen-bond donors (Lipinski definition) is 0. The Morgan fingerprint density at radius 2 is 2.26 bits per heavy atom. The zero-order valence-electron chi connectivity index (χ0n) is 12.6. The van der Waals surface area contributed by atoms with Gasteiger partial charge in [-0.05, 0) is 43.0 Å². The lowest BCUT2D eigenvalue weighted by Gasteiger charge is -2.21. The highest BCUT2D eigenvalue weighted by Gasteiger charge is 2.27. The largest absolute Gasteiger partial charge is 0.439 e. The van der Waals surface area contributed by atoms with Crippen molar-refractivity contribution in [1.82, 2.24) is 9.88 Å². The molecule has 4 rings (SSSR count). The third-order valence-corrected chi connectivity index (χ3v) is 5.44. The highest BCUT2D eigenvalue weighted by Crippen LogP contribution is 2.35. The molecule has 0 N–H and O–H groups in total. The molecule has 0 bridgehead atoms. The topological polar surface area (TPSA) is 29.3 Å². The van der Waals surface area contributed by atoms with Gasteiger partial charge in [0.15, 0.2) is 5.76 Å². The average molecular weight is 345 g/mol. The average Bonchev–Trinajstić information content (AvgIpc) is 3.29. The highest BCUT2D eigenvalue weighted by molar-refractivity contribution is 7.10. The van der Waals surface area contributed by atoms with Gasteiger partial charge in [0.2, 0.25) is 5.89 Å². The van der Waals surface area contributed by atoms with Crippen LogP contribution in [0.3, 0.4) is 0 Å². The van der Waals surface area contributed by atoms with E-state index in [1.165, 1.54) is 17.7 Å². The van der Waals surface area contributed by atoms with Crippen molar-refractivity contribution in [2.24, 2.45) is 0 Å². The molecule has 3 aromatic rings. The molecule has 1 atom stereocenters. The fourth-order valence-corrected chi connectivity index (χ4v) is 4.24. The third-order valence-electron chi connectivity index (χ3n) is 4.24. The molecular weight excluding hydrogens is 328 g/mol. The molecule has 3 nitrogen and oxygen atoms in total. The minimum atomic E-state index is 0.497. The molecule has 0 unspecified atom stereocenters. The Hall–Kier alpha value is -1.62. The maximum absolute atomic E-state index is 6.05. The summed E-state index contributed by atoms with van der Waals surface area (Å²) < 4.78 is 5.94. The van der Waals surface area contributed by atoms with E-state index in [9.17, 15) is 0 Å². The van der Waals surface area contributed by atoms with Gasteiger partial charge >= 0.3 is 0 Å². The Morgan fingerprint density at radius 1 is 1.30 bits per heavy atom. The van der Waals surface area contributed by atoms with E-state index in [1.54, 1.807) is 6.20 Å². The number of rotatable bonds is 4. The molecular formula is C18H17ClN2OS. The Balaban J connectivity index is 1.51. The molecule has 118 valence electrons. The third kappa shape index (κ3) is 3.20. The number of oxazole rings is 1. The summed E-state index contributed by atoms with van der Waals surface area (Å²) in [5.74, 6) is 1.54. The van der Waals surface area contributed by atoms with Crippen molar-refractivity contribution in [3.63, 3.8) is 0 Å². The van der Waals surface area contributed by atoms with Crippen molar-refractivity contribution in [1.29, 1.82) is 0 Å². The molecule has 1 saturated heterocycles. The standard InChI is InChI=1S/C18H17ClN2OS/c19-14-5-1-4-13(10-14)16-11-20-18(22-16)12-21-8-2-6-15(21)17-7-3-9-23-17/h1,3-5,7,9-11,15H,2,6,8,12H2/t15-/m0/s1. The zero-order chi connectivity index (χ0) is 15.6. The van der Waals surface area contributed by atoms with E-state index in [4.69, 9.17) is 16.0 Å². The summed E-state index contributed by atoms with van der Waals surface area (Å²) in [6.07, 6.45) is 4.23. The fraction of sp³-hybridized carbons (Fsp3) is 0.278. The summed E-state index contributed by atoms with van der Waals surface area (Å²) in [7, 11) is 0. The van der Waals surface area contributed by atoms with Gasteiger partial charge in [-0.1, -0.05) is 29.8 Å². The normalized spacial score (nSPS) is 18.6. The van der Waals surface area contributed by atoms with Crippen LogP contribution in [-0.2, 0) is 6.54 Å². The summed E-state index contributed by atoms with van der Waals surface area (Å²) in [5.41, 5.74) is 0.965. The molecule has 3 heterocycles. The van der Waals surface area contributed by atoms with Gasteiger partial charge in [-0.15, -0.1) is 11.3 Å². The SMILES string of the molecule is Clc1cccc(-c2cnc(CN3CCC[C@H]3c3cccs3)o2)c1. The second kappa shape index (κ2) is 6.48. The van der Waals surface area contributed by atoms with Gasteiger partial charge in [-0.25, -0.2) is 4.98 Å². The Morgan fingerprint density at radius 3 is 3.09 bits per heavy atom. The van der Waals surface area contributed by atoms with Crippen LogP contribution < -0.4 is 0 Å². The molecule has 1 aromatic carbocycles. The van der Waals surface area contributed by atoms with Crippen molar-refractivity contribution in [3.05, 3.63) is 63.8 Å². The minimum absolute atomic E-state index is 0.497. The van der Waals surface area contributed by atoms with E-state index in [1.807, 2.05) is 35.6 Å². The molecule has 1 aliphatic rings. The molecule has 0 radical (unpaired) electrons. The van der Waals surface area contributed by atoms with E-state index < -0.39 is 0 Å². The van der Waals surface area contributed by atoms with Crippen LogP contribution in [0.2, 0.25) is 5.02 Å². The van der Waals surface area contributed by atoms with Crippen LogP contribution in [0.15, 0.2) is 52.4 Å². The molecule has 0 amide bonds. The summed E-state index contributed by atoms with van der Waals surface area (Å²) in [4.78, 5) is 8.35. The van der Waals surface area contributed by atoms with Crippen molar-refractivity contribution in [2.75, 3.05) is 6.54 Å². The number of benzene rings is 1. The van der Waals surface area contributed by atoms with Crippen molar-refractivity contribution < 1.29 is 4.42 Å². The molecule has 1 fully saturated rings. The number of aromatic nitrogens is 1. The predicted molar refractivity (Wildman–Crippen MR) is 93.7 cm³/mol. The molecule has 5 heteroatoms. The van der Waals surface area contributed by atoms with Crippen LogP contribution in [0, 0.1) is 0 Å². The minimum Gasteiger partial charge on any atom is -0.439 e. The number of halogens is 1. The highest BCUT2D eigenvalue weighted by atomic mass is 35.5. The maximum atomic E-state index is 6.05. The van der Waals surface area contributed by atoms with E-state index in [0.717, 1.165) is 30.3 Å². The number of thiophene rings is 1. The van der Waals surface area contributed by atoms with Crippen LogP contribution in [0.25, 0.3) is 11.3 Å². The molecule has 1 aliphatic heterocycles. The summed E-state index contributed by atoms with van der Waals surface area (Å²) in [6, 6.07) is 12.5. The van der Waals surface area contributed by atoms with E-state index in [-0.39, 0.29) is 0 Å². The maximum Gasteiger partial charge on any atom is 0.209 e. The monoisotopic (exact) mass is 344 g/mol. The first-order chi connectivity index (χ1) is 11.3. The molecule has 2 aromatic heterocycles. The molecule has 0 aliphatic carbocycles. The Bertz CT molecular complexity index is 784. The van der Waals surface area contributed by atoms with Crippen molar-refractivity contribution >= 4 is 22.9 Å². The Kier molecular flexibility index (Phi) is 4.21. The zero-order valence-corrected chi connectivity index (χ0v) is 14.2. The van der Waals surface area contributed by atoms with E-state index in [0.29, 0.717) is 11.1 Å². The molecule has 23 heavy (non-hydrogen) atoms. The van der Waals surface area contributed by atoms with Gasteiger partial charge in [0.05, 0.1) is 12.7 Å². The lowest BCUT2D eigenvalue weighted by atomic mass is 10.2. The predicted octanol–water partition coefficient (Wildman–Crippen LogP) is 5.39. The smallest absolute Gasteiger partial charge is 0.209 e. The van der Waals surface area contributed by atoms with Gasteiger partial charge in [-0.2, -0.15) is 0 Å². The second-order valence-corrected chi connectivity index (χ2v) is 7.19. The Labute approximate surface area is 144 Å². The van der Waals surface area contributed by atoms with Crippen LogP contribution in [0.4, 0.5) is 0 Å². The first kappa shape index (κ1) is 14.9. The van der Waals surface area contributed by atoms with Crippen LogP contribution in [0.1, 0.15) is 29.7 Å². The lowest BCUT2D eigenvalue weighted by Crippen LogP contribution is -2.22. The number of hydrogen-bond acceptors (Lipinski definition) is 4. The molecule has 0 saturated carbocycles. The first-order valence-electron chi connectivity index (χ1n) is 7.78. The number of likely N-dealkylation sites (tertiary alicyclic amines) is 1. The van der Waals surface area contributed by atoms with E-state index in [2.05, 4.69) is 27.4 Å². The van der Waals surface area contributed by atoms with Gasteiger partial charge < -0.3 is 4.42 Å². The summed E-state index contributed by atoms with van der Waals surface area (Å²) in [5, 5.41) is 2.85. The first-order valence-corrected chi connectivity index (χ1v) is 9.03. The van der Waals surface area contributed by atoms with Crippen LogP contribution >= 0.6 is 22.9 Å². The van der Waals surface area contributed by atoms with Gasteiger partial charge in [-0.3, -0.25) is 4.90 Å². The second-order valence-electron chi connectivity index (χ2n) is 5.77. The van der Waals surface area contributed by atoms with Crippen molar-refractivity contribution in [3.8, 4) is 11.3 Å². The number of nitrogens with zero attached hydrogens (tertiary/aromatic N) is 2. The fourth-order valence-electron chi connectivity index (χ4n) is 3.15. The lowest BCUT2D eigenvalue weighted by molar-refractivity contribution is 0.227. The van der Waals surface area contributed by atoms with Gasteiger partial charge in [0.1, 0.15) is 0 Å². The van der Waals surface area contributed by atoms with Gasteiger partial charge in [0.25, 0.3) is 0 Å². The summed E-state index contributed by atoms with van der Waals surface area (Å²) in [6.45, 7) is 1.85. The summed E-state index contributed by atoms with van der Waals surface area (Å²) >= 11 is 7.88. The van der Waals surface area contributed by atoms with Crippen LogP contribution in [0.5, 0.6) is 0 Å². The quantitative estimate of drug-likeness (QED) is 0.635. The van der Waals surface area contributed by atoms with Crippen molar-refractivity contribution in [2.45, 2.75) is 25.4 Å². The van der Waals surface area contributed by atoms with Gasteiger partial charge in [0, 0.05) is 21.5 Å². The van der Waals surface area contributed by atoms with E-state index >= 15 is 0 Å². The van der Waals surface area contributed by atoms with Crippen LogP contribution in [-0.4, -0.2) is 16.4 Å². The molecule has 0 spiro atoms.